The number of carbonyl (C=O) groups excluding carboxylic acids is 1. The second-order valence-corrected chi connectivity index (χ2v) is 7.65. The van der Waals surface area contributed by atoms with Crippen molar-refractivity contribution in [2.45, 2.75) is 27.1 Å². The van der Waals surface area contributed by atoms with E-state index in [0.29, 0.717) is 0 Å². The summed E-state index contributed by atoms with van der Waals surface area (Å²) in [6.07, 6.45) is -4.80. The number of hydroxylamine groups is 1. The third-order valence-electron chi connectivity index (χ3n) is 3.36. The summed E-state index contributed by atoms with van der Waals surface area (Å²) in [7, 11) is 0. The Morgan fingerprint density at radius 1 is 1.00 bits per heavy atom. The molecule has 0 aromatic heterocycles. The maximum Gasteiger partial charge on any atom is 0.573 e. The first kappa shape index (κ1) is 22.8. The van der Waals surface area contributed by atoms with E-state index in [4.69, 9.17) is 28.0 Å². The van der Waals surface area contributed by atoms with Crippen LogP contribution >= 0.6 is 23.2 Å². The minimum Gasteiger partial charge on any atom is -0.406 e. The number of hydrogen-bond acceptors (Lipinski definition) is 4. The highest BCUT2D eigenvalue weighted by atomic mass is 35.5. The van der Waals surface area contributed by atoms with Crippen LogP contribution in [-0.2, 0) is 9.63 Å². The number of alkyl halides is 3. The van der Waals surface area contributed by atoms with Crippen LogP contribution in [0.1, 0.15) is 26.3 Å². The van der Waals surface area contributed by atoms with Crippen molar-refractivity contribution in [3.8, 4) is 5.75 Å². The Morgan fingerprint density at radius 2 is 1.55 bits per heavy atom. The van der Waals surface area contributed by atoms with Crippen LogP contribution in [0.25, 0.3) is 0 Å². The summed E-state index contributed by atoms with van der Waals surface area (Å²) in [5.74, 6) is -0.967. The van der Waals surface area contributed by atoms with Crippen LogP contribution in [0.2, 0.25) is 10.0 Å². The molecule has 1 N–H and O–H groups in total. The largest absolute Gasteiger partial charge is 0.573 e. The molecular weight excluding hydrogens is 432 g/mol. The average molecular weight is 449 g/mol. The number of aliphatic imine (C=N–C) groups is 1. The first-order valence-corrected chi connectivity index (χ1v) is 8.98. The standard InChI is InChI=1S/C19H17Cl2F3N2O3/c1-18(2,3)17(27)29-26-16(15-13(20)5-4-6-14(15)21)25-11-7-9-12(10-8-11)28-19(22,23)24/h4-10H,1-3H3,(H,25,26). The van der Waals surface area contributed by atoms with Crippen molar-refractivity contribution in [3.63, 3.8) is 0 Å². The van der Waals surface area contributed by atoms with Crippen LogP contribution < -0.4 is 10.2 Å². The molecule has 0 radical (unpaired) electrons. The second-order valence-electron chi connectivity index (χ2n) is 6.84. The Hall–Kier alpha value is -2.45. The van der Waals surface area contributed by atoms with Crippen molar-refractivity contribution in [2.24, 2.45) is 10.4 Å². The first-order chi connectivity index (χ1) is 13.4. The molecule has 0 bridgehead atoms. The Morgan fingerprint density at radius 3 is 2.03 bits per heavy atom. The Bertz CT molecular complexity index is 888. The summed E-state index contributed by atoms with van der Waals surface area (Å²) in [5.41, 5.74) is 2.15. The molecule has 0 aliphatic heterocycles. The molecular formula is C19H17Cl2F3N2O3. The minimum atomic E-state index is -4.80. The van der Waals surface area contributed by atoms with Gasteiger partial charge in [0, 0.05) is 0 Å². The van der Waals surface area contributed by atoms with E-state index in [2.05, 4.69) is 15.2 Å². The van der Waals surface area contributed by atoms with E-state index in [0.717, 1.165) is 12.1 Å². The Balaban J connectivity index is 2.38. The molecule has 10 heteroatoms. The van der Waals surface area contributed by atoms with Crippen molar-refractivity contribution in [1.82, 2.24) is 5.48 Å². The van der Waals surface area contributed by atoms with E-state index < -0.39 is 23.5 Å². The van der Waals surface area contributed by atoms with Crippen LogP contribution in [-0.4, -0.2) is 18.2 Å². The predicted molar refractivity (Wildman–Crippen MR) is 104 cm³/mol. The fourth-order valence-electron chi connectivity index (χ4n) is 1.95. The average Bonchev–Trinajstić information content (AvgIpc) is 2.58. The van der Waals surface area contributed by atoms with E-state index >= 15 is 0 Å². The molecule has 29 heavy (non-hydrogen) atoms. The fraction of sp³-hybridized carbons (Fsp3) is 0.263. The molecule has 0 atom stereocenters. The van der Waals surface area contributed by atoms with Gasteiger partial charge in [-0.05, 0) is 57.2 Å². The molecule has 0 saturated carbocycles. The maximum absolute atomic E-state index is 12.3. The Labute approximate surface area is 175 Å². The summed E-state index contributed by atoms with van der Waals surface area (Å²) in [5, 5.41) is 0.458. The van der Waals surface area contributed by atoms with Gasteiger partial charge in [-0.1, -0.05) is 29.3 Å². The van der Waals surface area contributed by atoms with Crippen molar-refractivity contribution in [1.29, 1.82) is 0 Å². The molecule has 0 fully saturated rings. The monoisotopic (exact) mass is 448 g/mol. The molecule has 2 rings (SSSR count). The zero-order chi connectivity index (χ0) is 21.8. The Kier molecular flexibility index (Phi) is 7.02. The molecule has 0 aliphatic rings. The normalized spacial score (nSPS) is 12.5. The lowest BCUT2D eigenvalue weighted by Gasteiger charge is -2.18. The number of ether oxygens (including phenoxy) is 1. The molecule has 5 nitrogen and oxygen atoms in total. The molecule has 2 aromatic rings. The lowest BCUT2D eigenvalue weighted by atomic mass is 9.98. The third kappa shape index (κ3) is 6.83. The van der Waals surface area contributed by atoms with Gasteiger partial charge in [-0.2, -0.15) is 5.48 Å². The highest BCUT2D eigenvalue weighted by molar-refractivity contribution is 6.40. The molecule has 2 aromatic carbocycles. The number of benzene rings is 2. The zero-order valence-corrected chi connectivity index (χ0v) is 17.1. The van der Waals surface area contributed by atoms with E-state index in [1.54, 1.807) is 39.0 Å². The van der Waals surface area contributed by atoms with Crippen LogP contribution in [0.3, 0.4) is 0 Å². The molecule has 0 aliphatic carbocycles. The number of nitrogens with one attached hydrogen (secondary N) is 1. The minimum absolute atomic E-state index is 0.00249. The van der Waals surface area contributed by atoms with Gasteiger partial charge >= 0.3 is 12.3 Å². The number of carbonyl (C=O) groups is 1. The van der Waals surface area contributed by atoms with Crippen molar-refractivity contribution in [2.75, 3.05) is 0 Å². The second kappa shape index (κ2) is 8.92. The third-order valence-corrected chi connectivity index (χ3v) is 3.99. The lowest BCUT2D eigenvalue weighted by Crippen LogP contribution is -2.34. The fourth-order valence-corrected chi connectivity index (χ4v) is 2.53. The summed E-state index contributed by atoms with van der Waals surface area (Å²) >= 11 is 12.4. The van der Waals surface area contributed by atoms with Crippen molar-refractivity contribution >= 4 is 40.7 Å². The van der Waals surface area contributed by atoms with Crippen molar-refractivity contribution < 1.29 is 27.5 Å². The highest BCUT2D eigenvalue weighted by Crippen LogP contribution is 2.28. The van der Waals surface area contributed by atoms with Gasteiger partial charge in [-0.15, -0.1) is 13.2 Å². The van der Waals surface area contributed by atoms with Crippen molar-refractivity contribution in [3.05, 3.63) is 58.1 Å². The van der Waals surface area contributed by atoms with Gasteiger partial charge in [-0.25, -0.2) is 9.79 Å². The van der Waals surface area contributed by atoms with Crippen LogP contribution in [0.5, 0.6) is 5.75 Å². The molecule has 0 heterocycles. The van der Waals surface area contributed by atoms with Gasteiger partial charge < -0.3 is 9.57 Å². The van der Waals surface area contributed by atoms with Gasteiger partial charge in [0.15, 0.2) is 5.84 Å². The SMILES string of the molecule is CC(C)(C)C(=O)ONC(=Nc1ccc(OC(F)(F)F)cc1)c1c(Cl)cccc1Cl. The van der Waals surface area contributed by atoms with Gasteiger partial charge in [0.25, 0.3) is 0 Å². The van der Waals surface area contributed by atoms with Crippen LogP contribution in [0.15, 0.2) is 47.5 Å². The molecule has 0 amide bonds. The molecule has 0 saturated heterocycles. The quantitative estimate of drug-likeness (QED) is 0.352. The molecule has 0 spiro atoms. The lowest BCUT2D eigenvalue weighted by molar-refractivity contribution is -0.274. The van der Waals surface area contributed by atoms with Gasteiger partial charge in [0.1, 0.15) is 5.75 Å². The summed E-state index contributed by atoms with van der Waals surface area (Å²) in [6, 6.07) is 9.52. The van der Waals surface area contributed by atoms with Gasteiger partial charge in [-0.3, -0.25) is 0 Å². The highest BCUT2D eigenvalue weighted by Gasteiger charge is 2.31. The number of rotatable bonds is 3. The van der Waals surface area contributed by atoms with Crippen LogP contribution in [0.4, 0.5) is 18.9 Å². The topological polar surface area (TPSA) is 59.9 Å². The smallest absolute Gasteiger partial charge is 0.406 e. The zero-order valence-electron chi connectivity index (χ0n) is 15.6. The summed E-state index contributed by atoms with van der Waals surface area (Å²) in [4.78, 5) is 21.4. The maximum atomic E-state index is 12.3. The first-order valence-electron chi connectivity index (χ1n) is 8.23. The van der Waals surface area contributed by atoms with E-state index in [1.165, 1.54) is 12.1 Å². The van der Waals surface area contributed by atoms with E-state index in [9.17, 15) is 18.0 Å². The van der Waals surface area contributed by atoms with Gasteiger partial charge in [0.2, 0.25) is 0 Å². The van der Waals surface area contributed by atoms with E-state index in [-0.39, 0.29) is 27.1 Å². The predicted octanol–water partition coefficient (Wildman–Crippen LogP) is 6.06. The summed E-state index contributed by atoms with van der Waals surface area (Å²) in [6.45, 7) is 4.99. The number of halogens is 5. The summed E-state index contributed by atoms with van der Waals surface area (Å²) < 4.78 is 40.7. The number of amidine groups is 1. The number of hydrogen-bond donors (Lipinski definition) is 1. The van der Waals surface area contributed by atoms with E-state index in [1.807, 2.05) is 0 Å². The van der Waals surface area contributed by atoms with Gasteiger partial charge in [0.05, 0.1) is 26.7 Å². The molecule has 156 valence electrons. The number of nitrogens with zero attached hydrogens (tertiary/aromatic N) is 1. The van der Waals surface area contributed by atoms with Crippen LogP contribution in [0, 0.1) is 5.41 Å². The molecule has 0 unspecified atom stereocenters.